The lowest BCUT2D eigenvalue weighted by atomic mass is 10.2. The summed E-state index contributed by atoms with van der Waals surface area (Å²) in [5, 5.41) is 5.16. The maximum atomic E-state index is 12.2. The molecule has 1 heterocycles. The third-order valence-electron chi connectivity index (χ3n) is 3.63. The van der Waals surface area contributed by atoms with Gasteiger partial charge in [0.05, 0.1) is 23.7 Å². The summed E-state index contributed by atoms with van der Waals surface area (Å²) in [4.78, 5) is 24.1. The summed E-state index contributed by atoms with van der Waals surface area (Å²) in [7, 11) is -0.823. The van der Waals surface area contributed by atoms with E-state index < -0.39 is 15.9 Å². The summed E-state index contributed by atoms with van der Waals surface area (Å²) >= 11 is 0. The molecule has 8 nitrogen and oxygen atoms in total. The van der Waals surface area contributed by atoms with Gasteiger partial charge in [0.15, 0.2) is 0 Å². The van der Waals surface area contributed by atoms with Gasteiger partial charge in [-0.25, -0.2) is 12.7 Å². The highest BCUT2D eigenvalue weighted by molar-refractivity contribution is 7.89. The van der Waals surface area contributed by atoms with E-state index in [1.54, 1.807) is 19.1 Å². The molecule has 2 rings (SSSR count). The highest BCUT2D eigenvalue weighted by atomic mass is 32.2. The van der Waals surface area contributed by atoms with Crippen LogP contribution in [0.2, 0.25) is 0 Å². The van der Waals surface area contributed by atoms with E-state index in [9.17, 15) is 18.0 Å². The van der Waals surface area contributed by atoms with Crippen molar-refractivity contribution in [3.05, 3.63) is 54.0 Å². The molecule has 0 radical (unpaired) electrons. The van der Waals surface area contributed by atoms with Crippen molar-refractivity contribution >= 4 is 21.8 Å². The Hall–Kier alpha value is -2.65. The van der Waals surface area contributed by atoms with E-state index in [0.29, 0.717) is 5.76 Å². The van der Waals surface area contributed by atoms with Gasteiger partial charge in [-0.3, -0.25) is 9.59 Å². The van der Waals surface area contributed by atoms with Gasteiger partial charge >= 0.3 is 0 Å². The number of amides is 2. The van der Waals surface area contributed by atoms with Crippen molar-refractivity contribution in [2.45, 2.75) is 17.9 Å². The maximum absolute atomic E-state index is 12.2. The molecule has 26 heavy (non-hydrogen) atoms. The van der Waals surface area contributed by atoms with Crippen molar-refractivity contribution in [1.29, 1.82) is 0 Å². The Kier molecular flexibility index (Phi) is 6.17. The molecule has 1 atom stereocenters. The SMILES string of the molecule is C[C@H](NC(=O)CNC(=O)c1cccc(S(=O)(=O)N(C)C)c1)c1ccco1. The molecule has 0 unspecified atom stereocenters. The van der Waals surface area contributed by atoms with Gasteiger partial charge in [0.2, 0.25) is 15.9 Å². The predicted molar refractivity (Wildman–Crippen MR) is 94.9 cm³/mol. The molecular formula is C17H21N3O5S. The molecule has 0 aliphatic rings. The molecule has 0 aliphatic carbocycles. The fraction of sp³-hybridized carbons (Fsp3) is 0.294. The molecule has 0 fully saturated rings. The van der Waals surface area contributed by atoms with Crippen LogP contribution in [0.25, 0.3) is 0 Å². The highest BCUT2D eigenvalue weighted by Crippen LogP contribution is 2.15. The van der Waals surface area contributed by atoms with Gasteiger partial charge in [0, 0.05) is 19.7 Å². The summed E-state index contributed by atoms with van der Waals surface area (Å²) in [5.74, 6) is -0.327. The van der Waals surface area contributed by atoms with Gasteiger partial charge in [-0.1, -0.05) is 6.07 Å². The fourth-order valence-electron chi connectivity index (χ4n) is 2.17. The lowest BCUT2D eigenvalue weighted by Crippen LogP contribution is -2.38. The summed E-state index contributed by atoms with van der Waals surface area (Å²) in [6.45, 7) is 1.52. The first-order valence-corrected chi connectivity index (χ1v) is 9.29. The summed E-state index contributed by atoms with van der Waals surface area (Å²) in [5.41, 5.74) is 0.153. The lowest BCUT2D eigenvalue weighted by Gasteiger charge is -2.13. The average molecular weight is 379 g/mol. The molecule has 2 amide bonds. The van der Waals surface area contributed by atoms with Crippen LogP contribution in [0.15, 0.2) is 52.0 Å². The number of hydrogen-bond donors (Lipinski definition) is 2. The molecule has 2 aromatic rings. The molecule has 1 aromatic carbocycles. The van der Waals surface area contributed by atoms with Crippen LogP contribution < -0.4 is 10.6 Å². The van der Waals surface area contributed by atoms with E-state index in [1.165, 1.54) is 44.6 Å². The number of nitrogens with zero attached hydrogens (tertiary/aromatic N) is 1. The largest absolute Gasteiger partial charge is 0.467 e. The third-order valence-corrected chi connectivity index (χ3v) is 5.44. The van der Waals surface area contributed by atoms with Gasteiger partial charge in [-0.05, 0) is 37.3 Å². The second kappa shape index (κ2) is 8.15. The normalized spacial score (nSPS) is 12.6. The summed E-state index contributed by atoms with van der Waals surface area (Å²) < 4.78 is 30.5. The van der Waals surface area contributed by atoms with E-state index in [-0.39, 0.29) is 29.0 Å². The minimum Gasteiger partial charge on any atom is -0.467 e. The zero-order valence-electron chi connectivity index (χ0n) is 14.7. The molecule has 2 N–H and O–H groups in total. The average Bonchev–Trinajstić information content (AvgIpc) is 3.14. The quantitative estimate of drug-likeness (QED) is 0.750. The van der Waals surface area contributed by atoms with Gasteiger partial charge in [0.1, 0.15) is 5.76 Å². The molecule has 140 valence electrons. The zero-order valence-corrected chi connectivity index (χ0v) is 15.5. The number of furan rings is 1. The standard InChI is InChI=1S/C17H21N3O5S/c1-12(15-8-5-9-25-15)19-16(21)11-18-17(22)13-6-4-7-14(10-13)26(23,24)20(2)3/h4-10,12H,11H2,1-3H3,(H,18,22)(H,19,21)/t12-/m0/s1. The van der Waals surface area contributed by atoms with E-state index >= 15 is 0 Å². The second-order valence-electron chi connectivity index (χ2n) is 5.80. The number of carbonyl (C=O) groups excluding carboxylic acids is 2. The van der Waals surface area contributed by atoms with Gasteiger partial charge in [0.25, 0.3) is 5.91 Å². The molecule has 0 spiro atoms. The minimum atomic E-state index is -3.64. The topological polar surface area (TPSA) is 109 Å². The summed E-state index contributed by atoms with van der Waals surface area (Å²) in [6, 6.07) is 8.76. The van der Waals surface area contributed by atoms with Crippen molar-refractivity contribution in [2.24, 2.45) is 0 Å². The number of carbonyl (C=O) groups is 2. The Morgan fingerprint density at radius 3 is 2.54 bits per heavy atom. The van der Waals surface area contributed by atoms with Crippen LogP contribution in [-0.4, -0.2) is 45.2 Å². The molecule has 0 aliphatic heterocycles. The monoisotopic (exact) mass is 379 g/mol. The lowest BCUT2D eigenvalue weighted by molar-refractivity contribution is -0.120. The van der Waals surface area contributed by atoms with Crippen molar-refractivity contribution in [1.82, 2.24) is 14.9 Å². The minimum absolute atomic E-state index is 0.00560. The Balaban J connectivity index is 1.97. The van der Waals surface area contributed by atoms with E-state index in [0.717, 1.165) is 4.31 Å². The Bertz CT molecular complexity index is 876. The smallest absolute Gasteiger partial charge is 0.251 e. The Labute approximate surface area is 152 Å². The first kappa shape index (κ1) is 19.7. The summed E-state index contributed by atoms with van der Waals surface area (Å²) in [6.07, 6.45) is 1.51. The van der Waals surface area contributed by atoms with Crippen molar-refractivity contribution in [3.8, 4) is 0 Å². The molecule has 9 heteroatoms. The van der Waals surface area contributed by atoms with Gasteiger partial charge < -0.3 is 15.1 Å². The van der Waals surface area contributed by atoms with Gasteiger partial charge in [-0.15, -0.1) is 0 Å². The van der Waals surface area contributed by atoms with Crippen LogP contribution in [0.5, 0.6) is 0 Å². The molecule has 1 aromatic heterocycles. The van der Waals surface area contributed by atoms with Crippen LogP contribution >= 0.6 is 0 Å². The number of benzene rings is 1. The highest BCUT2D eigenvalue weighted by Gasteiger charge is 2.19. The number of rotatable bonds is 7. The molecular weight excluding hydrogens is 358 g/mol. The Morgan fingerprint density at radius 1 is 1.19 bits per heavy atom. The first-order chi connectivity index (χ1) is 12.2. The van der Waals surface area contributed by atoms with E-state index in [4.69, 9.17) is 4.42 Å². The number of hydrogen-bond acceptors (Lipinski definition) is 5. The van der Waals surface area contributed by atoms with Crippen LogP contribution in [0.1, 0.15) is 29.1 Å². The third kappa shape index (κ3) is 4.70. The van der Waals surface area contributed by atoms with Crippen molar-refractivity contribution in [2.75, 3.05) is 20.6 Å². The fourth-order valence-corrected chi connectivity index (χ4v) is 3.12. The van der Waals surface area contributed by atoms with Crippen molar-refractivity contribution < 1.29 is 22.4 Å². The van der Waals surface area contributed by atoms with Crippen molar-refractivity contribution in [3.63, 3.8) is 0 Å². The molecule has 0 bridgehead atoms. The number of sulfonamides is 1. The van der Waals surface area contributed by atoms with E-state index in [1.807, 2.05) is 0 Å². The zero-order chi connectivity index (χ0) is 19.3. The second-order valence-corrected chi connectivity index (χ2v) is 7.95. The predicted octanol–water partition coefficient (Wildman–Crippen LogP) is 1.14. The van der Waals surface area contributed by atoms with Crippen LogP contribution in [-0.2, 0) is 14.8 Å². The van der Waals surface area contributed by atoms with Crippen LogP contribution in [0.4, 0.5) is 0 Å². The van der Waals surface area contributed by atoms with Gasteiger partial charge in [-0.2, -0.15) is 0 Å². The van der Waals surface area contributed by atoms with E-state index in [2.05, 4.69) is 10.6 Å². The van der Waals surface area contributed by atoms with Crippen LogP contribution in [0, 0.1) is 0 Å². The Morgan fingerprint density at radius 2 is 1.92 bits per heavy atom. The molecule has 0 saturated heterocycles. The maximum Gasteiger partial charge on any atom is 0.251 e. The number of nitrogens with one attached hydrogen (secondary N) is 2. The van der Waals surface area contributed by atoms with Crippen LogP contribution in [0.3, 0.4) is 0 Å². The first-order valence-electron chi connectivity index (χ1n) is 7.85. The molecule has 0 saturated carbocycles.